The summed E-state index contributed by atoms with van der Waals surface area (Å²) >= 11 is 1.51. The third-order valence-electron chi connectivity index (χ3n) is 2.45. The fourth-order valence-corrected chi connectivity index (χ4v) is 2.52. The minimum absolute atomic E-state index is 0.188. The molecular weight excluding hydrogens is 250 g/mol. The highest BCUT2D eigenvalue weighted by Gasteiger charge is 2.25. The van der Waals surface area contributed by atoms with Crippen molar-refractivity contribution in [1.82, 2.24) is 5.32 Å². The molecule has 0 heterocycles. The molecule has 0 aliphatic heterocycles. The zero-order valence-corrected chi connectivity index (χ0v) is 11.2. The van der Waals surface area contributed by atoms with E-state index >= 15 is 0 Å². The quantitative estimate of drug-likeness (QED) is 0.826. The highest BCUT2D eigenvalue weighted by molar-refractivity contribution is 7.99. The number of carboxylic acids is 1. The molecule has 5 heteroatoms. The predicted molar refractivity (Wildman–Crippen MR) is 72.4 cm³/mol. The number of hydrogen-bond acceptors (Lipinski definition) is 3. The van der Waals surface area contributed by atoms with Gasteiger partial charge in [-0.05, 0) is 5.56 Å². The maximum absolute atomic E-state index is 11.1. The first-order valence-corrected chi connectivity index (χ1v) is 6.71. The van der Waals surface area contributed by atoms with E-state index in [0.29, 0.717) is 0 Å². The maximum Gasteiger partial charge on any atom is 0.327 e. The van der Waals surface area contributed by atoms with Gasteiger partial charge in [-0.15, -0.1) is 0 Å². The second-order valence-corrected chi connectivity index (χ2v) is 5.38. The van der Waals surface area contributed by atoms with E-state index in [1.807, 2.05) is 37.3 Å². The van der Waals surface area contributed by atoms with Crippen LogP contribution in [-0.2, 0) is 15.3 Å². The highest BCUT2D eigenvalue weighted by Crippen LogP contribution is 2.20. The van der Waals surface area contributed by atoms with Crippen LogP contribution in [0, 0.1) is 0 Å². The van der Waals surface area contributed by atoms with E-state index < -0.39 is 12.0 Å². The molecule has 0 aliphatic rings. The number of nitrogens with one attached hydrogen (secondary N) is 1. The first-order chi connectivity index (χ1) is 8.50. The average Bonchev–Trinajstić information content (AvgIpc) is 2.34. The van der Waals surface area contributed by atoms with Crippen molar-refractivity contribution >= 4 is 23.6 Å². The molecule has 1 rings (SSSR count). The Morgan fingerprint density at radius 1 is 1.33 bits per heavy atom. The van der Waals surface area contributed by atoms with Crippen molar-refractivity contribution in [3.05, 3.63) is 35.9 Å². The SMILES string of the molecule is CC(=O)N[C@H](C(=O)O)[C@H](C)SCc1ccccc1. The number of aliphatic carboxylic acids is 1. The first kappa shape index (κ1) is 14.6. The van der Waals surface area contributed by atoms with Gasteiger partial charge in [0.25, 0.3) is 0 Å². The van der Waals surface area contributed by atoms with Crippen LogP contribution in [0.15, 0.2) is 30.3 Å². The summed E-state index contributed by atoms with van der Waals surface area (Å²) in [5, 5.41) is 11.3. The maximum atomic E-state index is 11.1. The van der Waals surface area contributed by atoms with Gasteiger partial charge in [0.15, 0.2) is 0 Å². The number of carboxylic acid groups (broad SMARTS) is 1. The van der Waals surface area contributed by atoms with Crippen molar-refractivity contribution in [2.24, 2.45) is 0 Å². The summed E-state index contributed by atoms with van der Waals surface area (Å²) in [6.07, 6.45) is 0. The molecule has 0 aromatic heterocycles. The lowest BCUT2D eigenvalue weighted by atomic mass is 10.2. The summed E-state index contributed by atoms with van der Waals surface area (Å²) < 4.78 is 0. The molecule has 0 unspecified atom stereocenters. The fourth-order valence-electron chi connectivity index (χ4n) is 1.50. The van der Waals surface area contributed by atoms with Crippen LogP contribution in [0.1, 0.15) is 19.4 Å². The van der Waals surface area contributed by atoms with Gasteiger partial charge < -0.3 is 10.4 Å². The molecule has 18 heavy (non-hydrogen) atoms. The second kappa shape index (κ2) is 7.06. The van der Waals surface area contributed by atoms with Crippen LogP contribution >= 0.6 is 11.8 Å². The number of amides is 1. The summed E-state index contributed by atoms with van der Waals surface area (Å²) in [5.74, 6) is -0.599. The molecule has 0 spiro atoms. The lowest BCUT2D eigenvalue weighted by Crippen LogP contribution is -2.45. The van der Waals surface area contributed by atoms with Crippen LogP contribution in [0.5, 0.6) is 0 Å². The van der Waals surface area contributed by atoms with Crippen molar-refractivity contribution in [3.8, 4) is 0 Å². The molecule has 0 radical (unpaired) electrons. The first-order valence-electron chi connectivity index (χ1n) is 5.66. The van der Waals surface area contributed by atoms with E-state index in [4.69, 9.17) is 5.11 Å². The van der Waals surface area contributed by atoms with Crippen LogP contribution in [-0.4, -0.2) is 28.3 Å². The Morgan fingerprint density at radius 2 is 1.94 bits per heavy atom. The van der Waals surface area contributed by atoms with Gasteiger partial charge in [0.2, 0.25) is 5.91 Å². The Bertz CT molecular complexity index is 408. The van der Waals surface area contributed by atoms with Gasteiger partial charge in [0, 0.05) is 17.9 Å². The molecule has 1 amide bonds. The minimum Gasteiger partial charge on any atom is -0.480 e. The van der Waals surface area contributed by atoms with Gasteiger partial charge in [-0.2, -0.15) is 11.8 Å². The largest absolute Gasteiger partial charge is 0.480 e. The molecule has 0 saturated heterocycles. The van der Waals surface area contributed by atoms with Gasteiger partial charge in [-0.3, -0.25) is 4.79 Å². The monoisotopic (exact) mass is 267 g/mol. The number of thioether (sulfide) groups is 1. The Labute approximate surface area is 111 Å². The number of carbonyl (C=O) groups is 2. The molecule has 2 N–H and O–H groups in total. The molecular formula is C13H17NO3S. The topological polar surface area (TPSA) is 66.4 Å². The highest BCUT2D eigenvalue weighted by atomic mass is 32.2. The van der Waals surface area contributed by atoms with Crippen LogP contribution < -0.4 is 5.32 Å². The Kier molecular flexibility index (Phi) is 5.71. The molecule has 0 bridgehead atoms. The summed E-state index contributed by atoms with van der Waals surface area (Å²) in [7, 11) is 0. The van der Waals surface area contributed by atoms with Gasteiger partial charge in [0.05, 0.1) is 0 Å². The van der Waals surface area contributed by atoms with Gasteiger partial charge >= 0.3 is 5.97 Å². The second-order valence-electron chi connectivity index (χ2n) is 4.02. The normalized spacial score (nSPS) is 13.7. The van der Waals surface area contributed by atoms with E-state index in [-0.39, 0.29) is 11.2 Å². The third-order valence-corrected chi connectivity index (χ3v) is 3.75. The minimum atomic E-state index is -1.00. The number of carbonyl (C=O) groups excluding carboxylic acids is 1. The molecule has 1 aromatic carbocycles. The molecule has 0 aliphatic carbocycles. The van der Waals surface area contributed by atoms with Crippen molar-refractivity contribution in [1.29, 1.82) is 0 Å². The Morgan fingerprint density at radius 3 is 2.44 bits per heavy atom. The third kappa shape index (κ3) is 4.79. The van der Waals surface area contributed by atoms with Gasteiger partial charge in [0.1, 0.15) is 6.04 Å². The van der Waals surface area contributed by atoms with E-state index in [0.717, 1.165) is 11.3 Å². The van der Waals surface area contributed by atoms with Crippen LogP contribution in [0.3, 0.4) is 0 Å². The van der Waals surface area contributed by atoms with E-state index in [2.05, 4.69) is 5.32 Å². The Balaban J connectivity index is 2.54. The Hall–Kier alpha value is -1.49. The summed E-state index contributed by atoms with van der Waals surface area (Å²) in [6.45, 7) is 3.13. The van der Waals surface area contributed by atoms with Crippen molar-refractivity contribution in [3.63, 3.8) is 0 Å². The van der Waals surface area contributed by atoms with Gasteiger partial charge in [-0.25, -0.2) is 4.79 Å². The molecule has 0 fully saturated rings. The van der Waals surface area contributed by atoms with Crippen LogP contribution in [0.25, 0.3) is 0 Å². The van der Waals surface area contributed by atoms with Crippen molar-refractivity contribution < 1.29 is 14.7 Å². The van der Waals surface area contributed by atoms with E-state index in [9.17, 15) is 9.59 Å². The van der Waals surface area contributed by atoms with E-state index in [1.165, 1.54) is 18.7 Å². The lowest BCUT2D eigenvalue weighted by molar-refractivity contribution is -0.141. The standard InChI is InChI=1S/C13H17NO3S/c1-9(12(13(16)17)14-10(2)15)18-8-11-6-4-3-5-7-11/h3-7,9,12H,8H2,1-2H3,(H,14,15)(H,16,17)/t9-,12-/m0/s1. The molecule has 2 atom stereocenters. The summed E-state index contributed by atoms with van der Waals surface area (Å²) in [4.78, 5) is 22.0. The molecule has 1 aromatic rings. The number of hydrogen-bond donors (Lipinski definition) is 2. The van der Waals surface area contributed by atoms with Crippen molar-refractivity contribution in [2.45, 2.75) is 30.9 Å². The average molecular weight is 267 g/mol. The zero-order chi connectivity index (χ0) is 13.5. The predicted octanol–water partition coefficient (Wildman–Crippen LogP) is 1.90. The van der Waals surface area contributed by atoms with Crippen LogP contribution in [0.4, 0.5) is 0 Å². The number of benzene rings is 1. The van der Waals surface area contributed by atoms with Crippen molar-refractivity contribution in [2.75, 3.05) is 0 Å². The fraction of sp³-hybridized carbons (Fsp3) is 0.385. The van der Waals surface area contributed by atoms with Gasteiger partial charge in [-0.1, -0.05) is 37.3 Å². The lowest BCUT2D eigenvalue weighted by Gasteiger charge is -2.20. The summed E-state index contributed by atoms with van der Waals surface area (Å²) in [6, 6.07) is 8.97. The van der Waals surface area contributed by atoms with E-state index in [1.54, 1.807) is 0 Å². The van der Waals surface area contributed by atoms with Crippen LogP contribution in [0.2, 0.25) is 0 Å². The number of rotatable bonds is 6. The molecule has 98 valence electrons. The molecule has 4 nitrogen and oxygen atoms in total. The zero-order valence-electron chi connectivity index (χ0n) is 10.4. The molecule has 0 saturated carbocycles. The summed E-state index contributed by atoms with van der Waals surface area (Å²) in [5.41, 5.74) is 1.14. The smallest absolute Gasteiger partial charge is 0.327 e.